The van der Waals surface area contributed by atoms with Crippen LogP contribution in [0.3, 0.4) is 0 Å². The molecule has 0 spiro atoms. The summed E-state index contributed by atoms with van der Waals surface area (Å²) in [6.07, 6.45) is 6.50. The summed E-state index contributed by atoms with van der Waals surface area (Å²) >= 11 is 0. The Kier molecular flexibility index (Phi) is 4.99. The lowest BCUT2D eigenvalue weighted by Crippen LogP contribution is -2.32. The first-order chi connectivity index (χ1) is 13.7. The van der Waals surface area contributed by atoms with E-state index in [1.165, 1.54) is 0 Å². The number of rotatable bonds is 4. The van der Waals surface area contributed by atoms with Crippen molar-refractivity contribution in [2.45, 2.75) is 12.0 Å². The number of carbonyl (C=O) groups excluding carboxylic acids is 1. The van der Waals surface area contributed by atoms with Gasteiger partial charge in [0.05, 0.1) is 12.7 Å². The molecule has 7 nitrogen and oxygen atoms in total. The number of nitrogens with zero attached hydrogens (tertiary/aromatic N) is 4. The van der Waals surface area contributed by atoms with Gasteiger partial charge in [-0.25, -0.2) is 9.97 Å². The van der Waals surface area contributed by atoms with E-state index in [1.807, 2.05) is 36.4 Å². The zero-order valence-electron chi connectivity index (χ0n) is 15.5. The second-order valence-corrected chi connectivity index (χ2v) is 6.79. The largest absolute Gasteiger partial charge is 0.497 e. The third-order valence-electron chi connectivity index (χ3n) is 5.01. The Hall–Kier alpha value is -3.32. The van der Waals surface area contributed by atoms with Gasteiger partial charge in [0.25, 0.3) is 5.91 Å². The number of pyridine rings is 1. The van der Waals surface area contributed by atoms with E-state index in [1.54, 1.807) is 36.8 Å². The fourth-order valence-corrected chi connectivity index (χ4v) is 3.49. The zero-order chi connectivity index (χ0) is 19.5. The van der Waals surface area contributed by atoms with Crippen molar-refractivity contribution in [3.8, 4) is 17.1 Å². The van der Waals surface area contributed by atoms with E-state index in [-0.39, 0.29) is 17.9 Å². The lowest BCUT2D eigenvalue weighted by Gasteiger charge is -2.17. The summed E-state index contributed by atoms with van der Waals surface area (Å²) in [5.41, 5.74) is 8.72. The van der Waals surface area contributed by atoms with E-state index >= 15 is 0 Å². The Bertz CT molecular complexity index is 962. The molecule has 0 radical (unpaired) electrons. The van der Waals surface area contributed by atoms with E-state index in [4.69, 9.17) is 10.5 Å². The number of ether oxygens (including phenoxy) is 1. The number of hydrogen-bond acceptors (Lipinski definition) is 6. The van der Waals surface area contributed by atoms with Gasteiger partial charge < -0.3 is 15.4 Å². The van der Waals surface area contributed by atoms with Gasteiger partial charge in [-0.15, -0.1) is 0 Å². The average Bonchev–Trinajstić information content (AvgIpc) is 3.15. The molecular formula is C21H21N5O2. The molecule has 2 aromatic heterocycles. The molecule has 1 amide bonds. The highest BCUT2D eigenvalue weighted by Gasteiger charge is 2.34. The molecule has 4 rings (SSSR count). The quantitative estimate of drug-likeness (QED) is 0.751. The van der Waals surface area contributed by atoms with Crippen LogP contribution in [0.15, 0.2) is 61.2 Å². The molecule has 2 atom stereocenters. The Morgan fingerprint density at radius 2 is 1.89 bits per heavy atom. The zero-order valence-corrected chi connectivity index (χ0v) is 15.5. The van der Waals surface area contributed by atoms with Crippen molar-refractivity contribution in [2.24, 2.45) is 5.73 Å². The van der Waals surface area contributed by atoms with Crippen LogP contribution < -0.4 is 10.5 Å². The number of hydrogen-bond donors (Lipinski definition) is 1. The monoisotopic (exact) mass is 375 g/mol. The number of carbonyl (C=O) groups is 1. The molecule has 0 aliphatic carbocycles. The molecular weight excluding hydrogens is 354 g/mol. The van der Waals surface area contributed by atoms with Gasteiger partial charge in [0.15, 0.2) is 5.82 Å². The number of aromatic nitrogens is 3. The van der Waals surface area contributed by atoms with Gasteiger partial charge in [0.2, 0.25) is 0 Å². The van der Waals surface area contributed by atoms with E-state index in [0.29, 0.717) is 24.5 Å². The van der Waals surface area contributed by atoms with Gasteiger partial charge in [-0.1, -0.05) is 12.1 Å². The minimum atomic E-state index is -0.131. The number of methoxy groups -OCH3 is 1. The fraction of sp³-hybridized carbons (Fsp3) is 0.238. The number of amides is 1. The summed E-state index contributed by atoms with van der Waals surface area (Å²) < 4.78 is 5.30. The standard InChI is InChI=1S/C21H21N5O2/c1-28-17-4-2-3-15(9-17)18-12-26(13-19(18)22)21(27)16-10-24-20(25-11-16)14-5-7-23-8-6-14/h2-11,18-19H,12-13,22H2,1H3/t18-,19+/m0/s1. The molecule has 28 heavy (non-hydrogen) atoms. The average molecular weight is 375 g/mol. The molecule has 0 unspecified atom stereocenters. The van der Waals surface area contributed by atoms with Crippen LogP contribution in [0.2, 0.25) is 0 Å². The van der Waals surface area contributed by atoms with Crippen LogP contribution >= 0.6 is 0 Å². The summed E-state index contributed by atoms with van der Waals surface area (Å²) in [6.45, 7) is 1.05. The molecule has 1 aromatic carbocycles. The lowest BCUT2D eigenvalue weighted by molar-refractivity contribution is 0.0788. The van der Waals surface area contributed by atoms with E-state index in [0.717, 1.165) is 16.9 Å². The smallest absolute Gasteiger partial charge is 0.257 e. The predicted molar refractivity (Wildman–Crippen MR) is 105 cm³/mol. The Balaban J connectivity index is 1.49. The lowest BCUT2D eigenvalue weighted by atomic mass is 9.95. The highest BCUT2D eigenvalue weighted by Crippen LogP contribution is 2.29. The van der Waals surface area contributed by atoms with Crippen LogP contribution in [0.25, 0.3) is 11.4 Å². The molecule has 3 aromatic rings. The maximum Gasteiger partial charge on any atom is 0.257 e. The van der Waals surface area contributed by atoms with Crippen molar-refractivity contribution in [3.05, 3.63) is 72.3 Å². The van der Waals surface area contributed by atoms with Crippen LogP contribution in [-0.2, 0) is 0 Å². The number of likely N-dealkylation sites (tertiary alicyclic amines) is 1. The van der Waals surface area contributed by atoms with Crippen molar-refractivity contribution in [1.82, 2.24) is 19.9 Å². The molecule has 142 valence electrons. The van der Waals surface area contributed by atoms with Crippen molar-refractivity contribution < 1.29 is 9.53 Å². The van der Waals surface area contributed by atoms with E-state index in [2.05, 4.69) is 15.0 Å². The molecule has 7 heteroatoms. The molecule has 2 N–H and O–H groups in total. The van der Waals surface area contributed by atoms with Gasteiger partial charge in [-0.05, 0) is 29.8 Å². The normalized spacial score (nSPS) is 18.9. The van der Waals surface area contributed by atoms with Crippen molar-refractivity contribution in [1.29, 1.82) is 0 Å². The minimum absolute atomic E-state index is 0.0658. The summed E-state index contributed by atoms with van der Waals surface area (Å²) in [6, 6.07) is 11.4. The van der Waals surface area contributed by atoms with Crippen LogP contribution in [0.5, 0.6) is 5.75 Å². The van der Waals surface area contributed by atoms with Crippen LogP contribution in [-0.4, -0.2) is 52.0 Å². The van der Waals surface area contributed by atoms with Crippen LogP contribution in [0, 0.1) is 0 Å². The first kappa shape index (κ1) is 18.1. The topological polar surface area (TPSA) is 94.2 Å². The molecule has 0 saturated carbocycles. The Morgan fingerprint density at radius 3 is 2.61 bits per heavy atom. The van der Waals surface area contributed by atoms with Crippen molar-refractivity contribution >= 4 is 5.91 Å². The predicted octanol–water partition coefficient (Wildman–Crippen LogP) is 2.11. The highest BCUT2D eigenvalue weighted by molar-refractivity contribution is 5.94. The second kappa shape index (κ2) is 7.74. The SMILES string of the molecule is COc1cccc([C@@H]2CN(C(=O)c3cnc(-c4ccncc4)nc3)C[C@H]2N)c1. The van der Waals surface area contributed by atoms with Crippen LogP contribution in [0.1, 0.15) is 21.8 Å². The van der Waals surface area contributed by atoms with Gasteiger partial charge in [0.1, 0.15) is 5.75 Å². The summed E-state index contributed by atoms with van der Waals surface area (Å²) in [4.78, 5) is 27.3. The third-order valence-corrected chi connectivity index (χ3v) is 5.01. The summed E-state index contributed by atoms with van der Waals surface area (Å²) in [7, 11) is 1.64. The van der Waals surface area contributed by atoms with Crippen molar-refractivity contribution in [3.63, 3.8) is 0 Å². The van der Waals surface area contributed by atoms with Crippen molar-refractivity contribution in [2.75, 3.05) is 20.2 Å². The summed E-state index contributed by atoms with van der Waals surface area (Å²) in [5, 5.41) is 0. The van der Waals surface area contributed by atoms with Gasteiger partial charge in [-0.2, -0.15) is 0 Å². The maximum absolute atomic E-state index is 12.9. The van der Waals surface area contributed by atoms with Gasteiger partial charge in [0, 0.05) is 55.4 Å². The first-order valence-electron chi connectivity index (χ1n) is 9.07. The first-order valence-corrected chi connectivity index (χ1v) is 9.07. The number of nitrogens with two attached hydrogens (primary N) is 1. The fourth-order valence-electron chi connectivity index (χ4n) is 3.49. The Morgan fingerprint density at radius 1 is 1.14 bits per heavy atom. The molecule has 3 heterocycles. The molecule has 1 aliphatic heterocycles. The number of benzene rings is 1. The second-order valence-electron chi connectivity index (χ2n) is 6.79. The maximum atomic E-state index is 12.9. The highest BCUT2D eigenvalue weighted by atomic mass is 16.5. The third kappa shape index (κ3) is 3.57. The Labute approximate surface area is 163 Å². The molecule has 1 aliphatic rings. The van der Waals surface area contributed by atoms with E-state index in [9.17, 15) is 4.79 Å². The summed E-state index contributed by atoms with van der Waals surface area (Å²) in [5.74, 6) is 1.30. The molecule has 1 saturated heterocycles. The van der Waals surface area contributed by atoms with Crippen LogP contribution in [0.4, 0.5) is 0 Å². The van der Waals surface area contributed by atoms with Gasteiger partial charge in [-0.3, -0.25) is 9.78 Å². The minimum Gasteiger partial charge on any atom is -0.497 e. The molecule has 0 bridgehead atoms. The van der Waals surface area contributed by atoms with E-state index < -0.39 is 0 Å². The van der Waals surface area contributed by atoms with Gasteiger partial charge >= 0.3 is 0 Å². The molecule has 1 fully saturated rings.